The first-order valence-electron chi connectivity index (χ1n) is 7.24. The van der Waals surface area contributed by atoms with Crippen LogP contribution in [0.5, 0.6) is 0 Å². The number of aliphatic hydroxyl groups is 1. The molecule has 0 unspecified atom stereocenters. The lowest BCUT2D eigenvalue weighted by atomic mass is 10.1. The van der Waals surface area contributed by atoms with Gasteiger partial charge in [0.2, 0.25) is 0 Å². The molecule has 7 heteroatoms. The van der Waals surface area contributed by atoms with Gasteiger partial charge in [0, 0.05) is 16.8 Å². The SMILES string of the molecule is O=C(Nc1ccc(-c2ccc(CO)o2)c(Cl)c1)c1ccc(Cl)c(Cl)c1. The van der Waals surface area contributed by atoms with Crippen molar-refractivity contribution >= 4 is 46.4 Å². The molecule has 0 aliphatic carbocycles. The fourth-order valence-electron chi connectivity index (χ4n) is 2.24. The van der Waals surface area contributed by atoms with Crippen molar-refractivity contribution in [3.63, 3.8) is 0 Å². The van der Waals surface area contributed by atoms with Gasteiger partial charge in [0.1, 0.15) is 18.1 Å². The molecular weight excluding hydrogens is 385 g/mol. The summed E-state index contributed by atoms with van der Waals surface area (Å²) in [6.07, 6.45) is 0. The summed E-state index contributed by atoms with van der Waals surface area (Å²) in [7, 11) is 0. The number of carbonyl (C=O) groups excluding carboxylic acids is 1. The predicted molar refractivity (Wildman–Crippen MR) is 99.5 cm³/mol. The minimum atomic E-state index is -0.331. The van der Waals surface area contributed by atoms with E-state index in [1.165, 1.54) is 6.07 Å². The Hall–Kier alpha value is -1.98. The Morgan fingerprint density at radius 1 is 0.960 bits per heavy atom. The van der Waals surface area contributed by atoms with Crippen molar-refractivity contribution < 1.29 is 14.3 Å². The van der Waals surface area contributed by atoms with Gasteiger partial charge in [-0.25, -0.2) is 0 Å². The number of amides is 1. The summed E-state index contributed by atoms with van der Waals surface area (Å²) in [5, 5.41) is 12.9. The number of furan rings is 1. The van der Waals surface area contributed by atoms with Crippen LogP contribution in [0.4, 0.5) is 5.69 Å². The molecule has 2 N–H and O–H groups in total. The lowest BCUT2D eigenvalue weighted by molar-refractivity contribution is 0.102. The van der Waals surface area contributed by atoms with Crippen molar-refractivity contribution in [3.8, 4) is 11.3 Å². The Morgan fingerprint density at radius 2 is 1.76 bits per heavy atom. The molecule has 3 aromatic rings. The predicted octanol–water partition coefficient (Wildman–Crippen LogP) is 5.65. The maximum Gasteiger partial charge on any atom is 0.255 e. The molecule has 0 spiro atoms. The Bertz CT molecular complexity index is 937. The van der Waals surface area contributed by atoms with Gasteiger partial charge in [0.05, 0.1) is 15.1 Å². The average molecular weight is 397 g/mol. The van der Waals surface area contributed by atoms with E-state index in [1.807, 2.05) is 0 Å². The van der Waals surface area contributed by atoms with E-state index in [1.54, 1.807) is 42.5 Å². The van der Waals surface area contributed by atoms with Gasteiger partial charge < -0.3 is 14.8 Å². The zero-order chi connectivity index (χ0) is 18.0. The molecule has 0 aliphatic heterocycles. The monoisotopic (exact) mass is 395 g/mol. The fourth-order valence-corrected chi connectivity index (χ4v) is 2.81. The van der Waals surface area contributed by atoms with Gasteiger partial charge in [-0.2, -0.15) is 0 Å². The van der Waals surface area contributed by atoms with Crippen molar-refractivity contribution in [1.29, 1.82) is 0 Å². The number of halogens is 3. The summed E-state index contributed by atoms with van der Waals surface area (Å²) >= 11 is 18.1. The second-order valence-corrected chi connectivity index (χ2v) is 6.42. The zero-order valence-corrected chi connectivity index (χ0v) is 15.0. The molecule has 0 saturated heterocycles. The van der Waals surface area contributed by atoms with Crippen LogP contribution in [-0.2, 0) is 6.61 Å². The van der Waals surface area contributed by atoms with Crippen LogP contribution in [0, 0.1) is 0 Å². The number of hydrogen-bond donors (Lipinski definition) is 2. The minimum absolute atomic E-state index is 0.185. The topological polar surface area (TPSA) is 62.5 Å². The molecule has 2 aromatic carbocycles. The standard InChI is InChI=1S/C18H12Cl3NO3/c19-14-5-1-10(7-16(14)21)18(24)22-11-2-4-13(15(20)8-11)17-6-3-12(9-23)25-17/h1-8,23H,9H2,(H,22,24). The van der Waals surface area contributed by atoms with E-state index >= 15 is 0 Å². The molecule has 0 radical (unpaired) electrons. The molecule has 4 nitrogen and oxygen atoms in total. The number of rotatable bonds is 4. The minimum Gasteiger partial charge on any atom is -0.459 e. The molecule has 0 bridgehead atoms. The summed E-state index contributed by atoms with van der Waals surface area (Å²) in [5.41, 5.74) is 1.57. The zero-order valence-electron chi connectivity index (χ0n) is 12.7. The molecule has 1 heterocycles. The normalized spacial score (nSPS) is 10.7. The number of carbonyl (C=O) groups is 1. The molecule has 0 fully saturated rings. The Kier molecular flexibility index (Phi) is 5.35. The maximum absolute atomic E-state index is 12.3. The highest BCUT2D eigenvalue weighted by Crippen LogP contribution is 2.32. The highest BCUT2D eigenvalue weighted by molar-refractivity contribution is 6.42. The first-order chi connectivity index (χ1) is 12.0. The van der Waals surface area contributed by atoms with Crippen molar-refractivity contribution in [3.05, 3.63) is 74.9 Å². The molecule has 0 atom stereocenters. The van der Waals surface area contributed by atoms with E-state index < -0.39 is 0 Å². The third-order valence-electron chi connectivity index (χ3n) is 3.49. The number of benzene rings is 2. The summed E-state index contributed by atoms with van der Waals surface area (Å²) in [4.78, 5) is 12.3. The van der Waals surface area contributed by atoms with Gasteiger partial charge >= 0.3 is 0 Å². The van der Waals surface area contributed by atoms with E-state index in [2.05, 4.69) is 5.32 Å². The van der Waals surface area contributed by atoms with Crippen molar-refractivity contribution in [2.45, 2.75) is 6.61 Å². The Balaban J connectivity index is 1.80. The summed E-state index contributed by atoms with van der Waals surface area (Å²) in [6, 6.07) is 13.1. The molecule has 1 aromatic heterocycles. The van der Waals surface area contributed by atoms with Crippen LogP contribution >= 0.6 is 34.8 Å². The van der Waals surface area contributed by atoms with Gasteiger partial charge in [-0.3, -0.25) is 4.79 Å². The number of hydrogen-bond acceptors (Lipinski definition) is 3. The quantitative estimate of drug-likeness (QED) is 0.599. The fraction of sp³-hybridized carbons (Fsp3) is 0.0556. The highest BCUT2D eigenvalue weighted by atomic mass is 35.5. The van der Waals surface area contributed by atoms with E-state index in [0.717, 1.165) is 0 Å². The third-order valence-corrected chi connectivity index (χ3v) is 4.54. The molecule has 0 saturated carbocycles. The smallest absolute Gasteiger partial charge is 0.255 e. The Morgan fingerprint density at radius 3 is 2.40 bits per heavy atom. The number of nitrogens with one attached hydrogen (secondary N) is 1. The van der Waals surface area contributed by atoms with Crippen LogP contribution in [-0.4, -0.2) is 11.0 Å². The first kappa shape index (κ1) is 17.8. The second kappa shape index (κ2) is 7.50. The lowest BCUT2D eigenvalue weighted by Crippen LogP contribution is -2.11. The van der Waals surface area contributed by atoms with Crippen LogP contribution in [0.25, 0.3) is 11.3 Å². The van der Waals surface area contributed by atoms with Crippen LogP contribution in [0.2, 0.25) is 15.1 Å². The molecule has 128 valence electrons. The molecule has 3 rings (SSSR count). The highest BCUT2D eigenvalue weighted by Gasteiger charge is 2.12. The first-order valence-corrected chi connectivity index (χ1v) is 8.37. The van der Waals surface area contributed by atoms with E-state index in [0.29, 0.717) is 43.4 Å². The van der Waals surface area contributed by atoms with Gasteiger partial charge in [-0.1, -0.05) is 34.8 Å². The second-order valence-electron chi connectivity index (χ2n) is 5.20. The van der Waals surface area contributed by atoms with Gasteiger partial charge in [-0.05, 0) is 48.5 Å². The molecule has 25 heavy (non-hydrogen) atoms. The van der Waals surface area contributed by atoms with Crippen LogP contribution in [0.1, 0.15) is 16.1 Å². The average Bonchev–Trinajstić information content (AvgIpc) is 3.06. The van der Waals surface area contributed by atoms with Gasteiger partial charge in [0.15, 0.2) is 0 Å². The molecule has 1 amide bonds. The van der Waals surface area contributed by atoms with Crippen LogP contribution < -0.4 is 5.32 Å². The third kappa shape index (κ3) is 3.99. The van der Waals surface area contributed by atoms with Crippen LogP contribution in [0.15, 0.2) is 52.9 Å². The summed E-state index contributed by atoms with van der Waals surface area (Å²) in [6.45, 7) is -0.185. The van der Waals surface area contributed by atoms with E-state index in [4.69, 9.17) is 44.3 Å². The molecule has 0 aliphatic rings. The van der Waals surface area contributed by atoms with Gasteiger partial charge in [-0.15, -0.1) is 0 Å². The number of anilines is 1. The Labute approximate surface area is 158 Å². The summed E-state index contributed by atoms with van der Waals surface area (Å²) in [5.74, 6) is 0.655. The van der Waals surface area contributed by atoms with Crippen molar-refractivity contribution in [2.24, 2.45) is 0 Å². The van der Waals surface area contributed by atoms with E-state index in [-0.39, 0.29) is 12.5 Å². The van der Waals surface area contributed by atoms with Crippen molar-refractivity contribution in [1.82, 2.24) is 0 Å². The largest absolute Gasteiger partial charge is 0.459 e. The van der Waals surface area contributed by atoms with Crippen molar-refractivity contribution in [2.75, 3.05) is 5.32 Å². The van der Waals surface area contributed by atoms with Crippen LogP contribution in [0.3, 0.4) is 0 Å². The van der Waals surface area contributed by atoms with E-state index in [9.17, 15) is 4.79 Å². The lowest BCUT2D eigenvalue weighted by Gasteiger charge is -2.08. The summed E-state index contributed by atoms with van der Waals surface area (Å²) < 4.78 is 5.47. The maximum atomic E-state index is 12.3. The number of aliphatic hydroxyl groups excluding tert-OH is 1. The molecular formula is C18H12Cl3NO3. The van der Waals surface area contributed by atoms with Gasteiger partial charge in [0.25, 0.3) is 5.91 Å².